The zero-order chi connectivity index (χ0) is 18.2. The van der Waals surface area contributed by atoms with Gasteiger partial charge in [-0.05, 0) is 44.0 Å². The van der Waals surface area contributed by atoms with Crippen molar-refractivity contribution in [3.63, 3.8) is 0 Å². The van der Waals surface area contributed by atoms with Crippen LogP contribution in [0.5, 0.6) is 5.75 Å². The molecule has 0 radical (unpaired) electrons. The number of aryl methyl sites for hydroxylation is 2. The topological polar surface area (TPSA) is 64.6 Å². The van der Waals surface area contributed by atoms with Crippen LogP contribution in [-0.2, 0) is 14.3 Å². The molecule has 5 nitrogen and oxygen atoms in total. The molecule has 0 fully saturated rings. The minimum Gasteiger partial charge on any atom is -0.493 e. The van der Waals surface area contributed by atoms with Gasteiger partial charge in [-0.25, -0.2) is 0 Å². The fourth-order valence-corrected chi connectivity index (χ4v) is 2.32. The zero-order valence-corrected chi connectivity index (χ0v) is 14.7. The third kappa shape index (κ3) is 5.64. The molecule has 0 bridgehead atoms. The average Bonchev–Trinajstić information content (AvgIpc) is 2.59. The maximum Gasteiger partial charge on any atom is 0.310 e. The molecule has 1 amide bonds. The summed E-state index contributed by atoms with van der Waals surface area (Å²) in [6.45, 7) is 5.59. The Hall–Kier alpha value is -2.82. The Labute approximate surface area is 148 Å². The lowest BCUT2D eigenvalue weighted by Gasteiger charge is -2.16. The van der Waals surface area contributed by atoms with Crippen molar-refractivity contribution in [3.05, 3.63) is 59.7 Å². The van der Waals surface area contributed by atoms with E-state index in [0.29, 0.717) is 5.75 Å². The lowest BCUT2D eigenvalue weighted by molar-refractivity contribution is -0.153. The first-order valence-electron chi connectivity index (χ1n) is 8.22. The molecule has 0 saturated heterocycles. The van der Waals surface area contributed by atoms with E-state index in [-0.39, 0.29) is 18.9 Å². The summed E-state index contributed by atoms with van der Waals surface area (Å²) in [4.78, 5) is 24.1. The first kappa shape index (κ1) is 18.5. The molecule has 25 heavy (non-hydrogen) atoms. The Balaban J connectivity index is 1.79. The number of nitrogens with one attached hydrogen (secondary N) is 1. The zero-order valence-electron chi connectivity index (χ0n) is 14.7. The number of hydrogen-bond donors (Lipinski definition) is 1. The normalized spacial score (nSPS) is 11.5. The van der Waals surface area contributed by atoms with Crippen LogP contribution in [0.1, 0.15) is 24.5 Å². The van der Waals surface area contributed by atoms with Gasteiger partial charge in [0, 0.05) is 5.69 Å². The van der Waals surface area contributed by atoms with Gasteiger partial charge in [-0.2, -0.15) is 0 Å². The molecule has 5 heteroatoms. The minimum atomic E-state index is -0.872. The number of benzene rings is 2. The second-order valence-corrected chi connectivity index (χ2v) is 5.80. The summed E-state index contributed by atoms with van der Waals surface area (Å²) in [5, 5.41) is 2.82. The van der Waals surface area contributed by atoms with Crippen molar-refractivity contribution in [2.75, 3.05) is 11.9 Å². The fraction of sp³-hybridized carbons (Fsp3) is 0.300. The summed E-state index contributed by atoms with van der Waals surface area (Å²) in [5.41, 5.74) is 2.68. The van der Waals surface area contributed by atoms with Crippen LogP contribution in [0.4, 0.5) is 5.69 Å². The average molecular weight is 341 g/mol. The molecular weight excluding hydrogens is 318 g/mol. The molecule has 0 aliphatic heterocycles. The van der Waals surface area contributed by atoms with Gasteiger partial charge in [0.25, 0.3) is 5.91 Å². The lowest BCUT2D eigenvalue weighted by Crippen LogP contribution is -2.30. The van der Waals surface area contributed by atoms with Gasteiger partial charge in [0.1, 0.15) is 5.75 Å². The summed E-state index contributed by atoms with van der Waals surface area (Å²) in [6, 6.07) is 15.0. The van der Waals surface area contributed by atoms with Gasteiger partial charge in [0.15, 0.2) is 6.10 Å². The molecule has 2 aromatic rings. The van der Waals surface area contributed by atoms with Crippen molar-refractivity contribution in [3.8, 4) is 5.75 Å². The molecule has 0 aliphatic rings. The third-order valence-electron chi connectivity index (χ3n) is 3.72. The highest BCUT2D eigenvalue weighted by Gasteiger charge is 2.19. The van der Waals surface area contributed by atoms with Gasteiger partial charge in [-0.3, -0.25) is 9.59 Å². The van der Waals surface area contributed by atoms with Crippen LogP contribution in [0.25, 0.3) is 0 Å². The molecule has 1 atom stereocenters. The van der Waals surface area contributed by atoms with E-state index in [1.807, 2.05) is 62.4 Å². The maximum absolute atomic E-state index is 12.2. The van der Waals surface area contributed by atoms with Crippen molar-refractivity contribution in [2.24, 2.45) is 0 Å². The Bertz CT molecular complexity index is 707. The minimum absolute atomic E-state index is 0.0793. The summed E-state index contributed by atoms with van der Waals surface area (Å²) in [7, 11) is 0. The first-order valence-corrected chi connectivity index (χ1v) is 8.22. The number of carbonyl (C=O) groups excluding carboxylic acids is 2. The Morgan fingerprint density at radius 3 is 2.28 bits per heavy atom. The third-order valence-corrected chi connectivity index (χ3v) is 3.72. The van der Waals surface area contributed by atoms with Gasteiger partial charge in [-0.15, -0.1) is 0 Å². The van der Waals surface area contributed by atoms with Crippen molar-refractivity contribution < 1.29 is 19.1 Å². The van der Waals surface area contributed by atoms with Crippen LogP contribution in [0.3, 0.4) is 0 Å². The number of carbonyl (C=O) groups is 2. The quantitative estimate of drug-likeness (QED) is 0.781. The predicted molar refractivity (Wildman–Crippen MR) is 96.7 cm³/mol. The number of esters is 1. The van der Waals surface area contributed by atoms with Crippen LogP contribution in [-0.4, -0.2) is 24.6 Å². The molecule has 0 heterocycles. The molecule has 0 aliphatic carbocycles. The second-order valence-electron chi connectivity index (χ2n) is 5.80. The van der Waals surface area contributed by atoms with Crippen molar-refractivity contribution in [1.82, 2.24) is 0 Å². The molecular formula is C20H23NO4. The highest BCUT2D eigenvalue weighted by Crippen LogP contribution is 2.19. The van der Waals surface area contributed by atoms with E-state index in [9.17, 15) is 9.59 Å². The highest BCUT2D eigenvalue weighted by molar-refractivity contribution is 5.96. The van der Waals surface area contributed by atoms with Crippen LogP contribution < -0.4 is 10.1 Å². The van der Waals surface area contributed by atoms with E-state index < -0.39 is 12.1 Å². The van der Waals surface area contributed by atoms with Crippen LogP contribution in [0, 0.1) is 13.8 Å². The maximum atomic E-state index is 12.2. The first-order chi connectivity index (χ1) is 12.0. The number of hydrogen-bond acceptors (Lipinski definition) is 4. The van der Waals surface area contributed by atoms with Crippen LogP contribution in [0.15, 0.2) is 48.5 Å². The summed E-state index contributed by atoms with van der Waals surface area (Å²) < 4.78 is 10.6. The van der Waals surface area contributed by atoms with Gasteiger partial charge in [0.2, 0.25) is 0 Å². The number of rotatable bonds is 7. The number of para-hydroxylation sites is 2. The standard InChI is InChI=1S/C20H23NO4/c1-14-8-7-9-15(2)19(14)21-20(23)16(3)25-18(22)12-13-24-17-10-5-4-6-11-17/h4-11,16H,12-13H2,1-3H3,(H,21,23)/t16-/m0/s1. The Morgan fingerprint density at radius 2 is 1.64 bits per heavy atom. The molecule has 0 aromatic heterocycles. The Morgan fingerprint density at radius 1 is 1.00 bits per heavy atom. The summed E-state index contributed by atoms with van der Waals surface area (Å²) >= 11 is 0. The fourth-order valence-electron chi connectivity index (χ4n) is 2.32. The molecule has 2 aromatic carbocycles. The SMILES string of the molecule is Cc1cccc(C)c1NC(=O)[C@H](C)OC(=O)CCOc1ccccc1. The molecule has 1 N–H and O–H groups in total. The van der Waals surface area contributed by atoms with E-state index in [1.165, 1.54) is 0 Å². The highest BCUT2D eigenvalue weighted by atomic mass is 16.5. The van der Waals surface area contributed by atoms with Gasteiger partial charge >= 0.3 is 5.97 Å². The molecule has 132 valence electrons. The number of amides is 1. The van der Waals surface area contributed by atoms with Crippen LogP contribution >= 0.6 is 0 Å². The summed E-state index contributed by atoms with van der Waals surface area (Å²) in [5.74, 6) is -0.133. The molecule has 2 rings (SSSR count). The van der Waals surface area contributed by atoms with E-state index >= 15 is 0 Å². The molecule has 0 saturated carbocycles. The number of anilines is 1. The van der Waals surface area contributed by atoms with E-state index in [1.54, 1.807) is 6.92 Å². The van der Waals surface area contributed by atoms with E-state index in [2.05, 4.69) is 5.32 Å². The number of ether oxygens (including phenoxy) is 2. The van der Waals surface area contributed by atoms with Crippen molar-refractivity contribution in [2.45, 2.75) is 33.3 Å². The molecule has 0 unspecified atom stereocenters. The van der Waals surface area contributed by atoms with E-state index in [0.717, 1.165) is 16.8 Å². The van der Waals surface area contributed by atoms with Gasteiger partial charge in [0.05, 0.1) is 13.0 Å². The monoisotopic (exact) mass is 341 g/mol. The summed E-state index contributed by atoms with van der Waals surface area (Å²) in [6.07, 6.45) is -0.793. The second kappa shape index (κ2) is 8.87. The predicted octanol–water partition coefficient (Wildman–Crippen LogP) is 3.64. The smallest absolute Gasteiger partial charge is 0.310 e. The van der Waals surface area contributed by atoms with Gasteiger partial charge < -0.3 is 14.8 Å². The largest absolute Gasteiger partial charge is 0.493 e. The van der Waals surface area contributed by atoms with Crippen molar-refractivity contribution in [1.29, 1.82) is 0 Å². The van der Waals surface area contributed by atoms with Crippen LogP contribution in [0.2, 0.25) is 0 Å². The lowest BCUT2D eigenvalue weighted by atomic mass is 10.1. The molecule has 0 spiro atoms. The van der Waals surface area contributed by atoms with Gasteiger partial charge in [-0.1, -0.05) is 36.4 Å². The Kier molecular flexibility index (Phi) is 6.57. The van der Waals surface area contributed by atoms with Crippen molar-refractivity contribution >= 4 is 17.6 Å². The van der Waals surface area contributed by atoms with E-state index in [4.69, 9.17) is 9.47 Å².